The fourth-order valence-corrected chi connectivity index (χ4v) is 2.57. The molecule has 1 fully saturated rings. The van der Waals surface area contributed by atoms with Gasteiger partial charge in [0, 0.05) is 18.2 Å². The predicted molar refractivity (Wildman–Crippen MR) is 70.8 cm³/mol. The normalized spacial score (nSPS) is 21.3. The summed E-state index contributed by atoms with van der Waals surface area (Å²) in [5.74, 6) is 5.68. The lowest BCUT2D eigenvalue weighted by Gasteiger charge is -2.22. The van der Waals surface area contributed by atoms with E-state index in [0.29, 0.717) is 0 Å². The summed E-state index contributed by atoms with van der Waals surface area (Å²) in [5, 5.41) is 1.13. The summed E-state index contributed by atoms with van der Waals surface area (Å²) in [7, 11) is 0. The first-order valence-corrected chi connectivity index (χ1v) is 6.31. The first-order valence-electron chi connectivity index (χ1n) is 6.31. The van der Waals surface area contributed by atoms with E-state index >= 15 is 0 Å². The van der Waals surface area contributed by atoms with Gasteiger partial charge in [0.1, 0.15) is 0 Å². The zero-order valence-electron chi connectivity index (χ0n) is 10.2. The minimum atomic E-state index is 0.0529. The number of aromatic nitrogens is 1. The zero-order valence-corrected chi connectivity index (χ0v) is 10.2. The highest BCUT2D eigenvalue weighted by Crippen LogP contribution is 2.27. The van der Waals surface area contributed by atoms with Gasteiger partial charge in [-0.15, -0.1) is 0 Å². The number of fused-ring (bicyclic) bond motifs is 1. The van der Waals surface area contributed by atoms with Crippen molar-refractivity contribution in [2.75, 3.05) is 6.61 Å². The molecule has 3 N–H and O–H groups in total. The molecule has 0 radical (unpaired) electrons. The molecule has 0 saturated carbocycles. The van der Waals surface area contributed by atoms with Crippen LogP contribution in [0.5, 0.6) is 0 Å². The number of rotatable bonds is 3. The third-order valence-corrected chi connectivity index (χ3v) is 3.50. The van der Waals surface area contributed by atoms with Crippen LogP contribution in [-0.2, 0) is 4.74 Å². The van der Waals surface area contributed by atoms with Crippen molar-refractivity contribution < 1.29 is 4.74 Å². The van der Waals surface area contributed by atoms with Gasteiger partial charge < -0.3 is 4.74 Å². The lowest BCUT2D eigenvalue weighted by Crippen LogP contribution is -2.36. The molecule has 4 heteroatoms. The van der Waals surface area contributed by atoms with Crippen LogP contribution in [0.1, 0.15) is 24.4 Å². The number of hydrogen-bond donors (Lipinski definition) is 2. The van der Waals surface area contributed by atoms with Crippen LogP contribution in [0.2, 0.25) is 0 Å². The number of hydrazine groups is 1. The van der Waals surface area contributed by atoms with E-state index in [1.54, 1.807) is 6.20 Å². The molecule has 2 heterocycles. The largest absolute Gasteiger partial charge is 0.376 e. The number of benzene rings is 1. The second-order valence-corrected chi connectivity index (χ2v) is 4.65. The molecule has 18 heavy (non-hydrogen) atoms. The lowest BCUT2D eigenvalue weighted by atomic mass is 9.98. The number of hydrogen-bond acceptors (Lipinski definition) is 4. The van der Waals surface area contributed by atoms with E-state index in [1.165, 1.54) is 0 Å². The van der Waals surface area contributed by atoms with E-state index < -0.39 is 0 Å². The Hall–Kier alpha value is -1.49. The molecule has 0 spiro atoms. The van der Waals surface area contributed by atoms with Crippen LogP contribution in [0.15, 0.2) is 36.5 Å². The van der Waals surface area contributed by atoms with Gasteiger partial charge in [-0.3, -0.25) is 16.3 Å². The standard InChI is InChI=1S/C14H17N3O/c15-17-14(13-4-2-8-18-13)11-5-6-12-10(9-11)3-1-7-16-12/h1,3,5-7,9,13-14,17H,2,4,8,15H2. The monoisotopic (exact) mass is 243 g/mol. The summed E-state index contributed by atoms with van der Waals surface area (Å²) in [4.78, 5) is 4.32. The van der Waals surface area contributed by atoms with Crippen LogP contribution < -0.4 is 11.3 Å². The Morgan fingerprint density at radius 3 is 3.11 bits per heavy atom. The molecule has 1 aliphatic rings. The van der Waals surface area contributed by atoms with Crippen molar-refractivity contribution in [3.05, 3.63) is 42.1 Å². The van der Waals surface area contributed by atoms with E-state index in [9.17, 15) is 0 Å². The van der Waals surface area contributed by atoms with Gasteiger partial charge in [0.2, 0.25) is 0 Å². The van der Waals surface area contributed by atoms with Gasteiger partial charge in [-0.2, -0.15) is 0 Å². The van der Waals surface area contributed by atoms with Crippen LogP contribution in [0.3, 0.4) is 0 Å². The summed E-state index contributed by atoms with van der Waals surface area (Å²) >= 11 is 0. The molecule has 1 aliphatic heterocycles. The van der Waals surface area contributed by atoms with Crippen molar-refractivity contribution in [1.29, 1.82) is 0 Å². The summed E-state index contributed by atoms with van der Waals surface area (Å²) in [6.45, 7) is 0.831. The van der Waals surface area contributed by atoms with E-state index in [0.717, 1.165) is 35.9 Å². The van der Waals surface area contributed by atoms with E-state index in [1.807, 2.05) is 12.1 Å². The second-order valence-electron chi connectivity index (χ2n) is 4.65. The maximum atomic E-state index is 5.71. The minimum absolute atomic E-state index is 0.0529. The van der Waals surface area contributed by atoms with Crippen molar-refractivity contribution in [3.63, 3.8) is 0 Å². The number of nitrogens with one attached hydrogen (secondary N) is 1. The molecular weight excluding hydrogens is 226 g/mol. The van der Waals surface area contributed by atoms with Crippen molar-refractivity contribution in [1.82, 2.24) is 10.4 Å². The topological polar surface area (TPSA) is 60.2 Å². The molecule has 4 nitrogen and oxygen atoms in total. The van der Waals surface area contributed by atoms with Gasteiger partial charge in [-0.25, -0.2) is 0 Å². The van der Waals surface area contributed by atoms with Crippen molar-refractivity contribution >= 4 is 10.9 Å². The molecule has 2 aromatic rings. The molecule has 2 unspecified atom stereocenters. The smallest absolute Gasteiger partial charge is 0.0783 e. The van der Waals surface area contributed by atoms with Crippen LogP contribution in [0.4, 0.5) is 0 Å². The van der Waals surface area contributed by atoms with Crippen LogP contribution >= 0.6 is 0 Å². The highest BCUT2D eigenvalue weighted by atomic mass is 16.5. The average molecular weight is 243 g/mol. The van der Waals surface area contributed by atoms with Gasteiger partial charge in [0.15, 0.2) is 0 Å². The SMILES string of the molecule is NNC(c1ccc2ncccc2c1)C1CCCO1. The number of pyridine rings is 1. The number of nitrogens with zero attached hydrogens (tertiary/aromatic N) is 1. The Kier molecular flexibility index (Phi) is 3.23. The highest BCUT2D eigenvalue weighted by Gasteiger charge is 2.26. The summed E-state index contributed by atoms with van der Waals surface area (Å²) in [6.07, 6.45) is 4.14. The summed E-state index contributed by atoms with van der Waals surface area (Å²) < 4.78 is 5.71. The summed E-state index contributed by atoms with van der Waals surface area (Å²) in [6, 6.07) is 10.3. The first kappa shape index (κ1) is 11.6. The first-order chi connectivity index (χ1) is 8.88. The average Bonchev–Trinajstić information content (AvgIpc) is 2.93. The van der Waals surface area contributed by atoms with Crippen molar-refractivity contribution in [2.24, 2.45) is 5.84 Å². The molecule has 0 amide bonds. The minimum Gasteiger partial charge on any atom is -0.376 e. The molecule has 1 saturated heterocycles. The fourth-order valence-electron chi connectivity index (χ4n) is 2.57. The highest BCUT2D eigenvalue weighted by molar-refractivity contribution is 5.79. The molecule has 2 atom stereocenters. The van der Waals surface area contributed by atoms with E-state index in [-0.39, 0.29) is 12.1 Å². The molecule has 0 aliphatic carbocycles. The molecule has 0 bridgehead atoms. The lowest BCUT2D eigenvalue weighted by molar-refractivity contribution is 0.0784. The quantitative estimate of drug-likeness (QED) is 0.638. The van der Waals surface area contributed by atoms with Crippen LogP contribution in [-0.4, -0.2) is 17.7 Å². The molecule has 1 aromatic carbocycles. The van der Waals surface area contributed by atoms with Gasteiger partial charge in [0.25, 0.3) is 0 Å². The molecule has 3 rings (SSSR count). The third kappa shape index (κ3) is 2.10. The van der Waals surface area contributed by atoms with Crippen LogP contribution in [0.25, 0.3) is 10.9 Å². The van der Waals surface area contributed by atoms with Gasteiger partial charge in [-0.1, -0.05) is 12.1 Å². The van der Waals surface area contributed by atoms with Crippen molar-refractivity contribution in [3.8, 4) is 0 Å². The maximum absolute atomic E-state index is 5.71. The predicted octanol–water partition coefficient (Wildman–Crippen LogP) is 1.92. The maximum Gasteiger partial charge on any atom is 0.0783 e. The Morgan fingerprint density at radius 2 is 2.33 bits per heavy atom. The third-order valence-electron chi connectivity index (χ3n) is 3.50. The van der Waals surface area contributed by atoms with Gasteiger partial charge >= 0.3 is 0 Å². The number of ether oxygens (including phenoxy) is 1. The Labute approximate surface area is 106 Å². The Bertz CT molecular complexity index is 537. The Balaban J connectivity index is 1.96. The zero-order chi connectivity index (χ0) is 12.4. The second kappa shape index (κ2) is 5.02. The van der Waals surface area contributed by atoms with Crippen molar-refractivity contribution in [2.45, 2.75) is 25.0 Å². The van der Waals surface area contributed by atoms with E-state index in [4.69, 9.17) is 10.6 Å². The van der Waals surface area contributed by atoms with E-state index in [2.05, 4.69) is 28.6 Å². The fraction of sp³-hybridized carbons (Fsp3) is 0.357. The molecule has 94 valence electrons. The number of nitrogens with two attached hydrogens (primary N) is 1. The molecular formula is C14H17N3O. The Morgan fingerprint density at radius 1 is 1.39 bits per heavy atom. The summed E-state index contributed by atoms with van der Waals surface area (Å²) in [5.41, 5.74) is 5.04. The van der Waals surface area contributed by atoms with Gasteiger partial charge in [-0.05, 0) is 36.6 Å². The van der Waals surface area contributed by atoms with Gasteiger partial charge in [0.05, 0.1) is 17.7 Å². The molecule has 1 aromatic heterocycles. The van der Waals surface area contributed by atoms with Crippen LogP contribution in [0, 0.1) is 0 Å².